The average molecular weight is 878 g/mol. The van der Waals surface area contributed by atoms with Crippen LogP contribution in [0.5, 0.6) is 17.2 Å². The fourth-order valence-corrected chi connectivity index (χ4v) is 9.79. The van der Waals surface area contributed by atoms with Gasteiger partial charge in [-0.15, -0.1) is 0 Å². The summed E-state index contributed by atoms with van der Waals surface area (Å²) in [6, 6.07) is 18.5. The lowest BCUT2D eigenvalue weighted by molar-refractivity contribution is -0.138. The first-order chi connectivity index (χ1) is 26.3. The molecule has 4 N–H and O–H groups in total. The number of hydrogen-bond acceptors (Lipinski definition) is 9. The normalized spacial score (nSPS) is 25.7. The van der Waals surface area contributed by atoms with Crippen LogP contribution in [0.3, 0.4) is 0 Å². The van der Waals surface area contributed by atoms with E-state index in [0.717, 1.165) is 22.0 Å². The van der Waals surface area contributed by atoms with Crippen molar-refractivity contribution in [1.82, 2.24) is 5.01 Å². The minimum atomic E-state index is -1.65. The van der Waals surface area contributed by atoms with Gasteiger partial charge in [0.25, 0.3) is 11.8 Å². The fraction of sp³-hybridized carbons (Fsp3) is 0.225. The Hall–Kier alpha value is -5.48. The number of phenolic OH excluding ortho intramolecular Hbond substituents is 1. The number of carbonyl (C=O) groups is 5. The molecule has 0 aromatic heterocycles. The first-order valence-corrected chi connectivity index (χ1v) is 18.6. The molecule has 55 heavy (non-hydrogen) atoms. The number of aromatic hydroxyl groups is 2. The monoisotopic (exact) mass is 877 g/mol. The lowest BCUT2D eigenvalue weighted by Crippen LogP contribution is -2.53. The average Bonchev–Trinajstić information content (AvgIpc) is 3.54. The van der Waals surface area contributed by atoms with E-state index in [9.17, 15) is 38.9 Å². The van der Waals surface area contributed by atoms with Gasteiger partial charge < -0.3 is 20.1 Å². The Morgan fingerprint density at radius 1 is 0.945 bits per heavy atom. The number of carbonyl (C=O) groups excluding carboxylic acids is 4. The van der Waals surface area contributed by atoms with Crippen molar-refractivity contribution in [3.8, 4) is 17.2 Å². The van der Waals surface area contributed by atoms with Gasteiger partial charge in [0, 0.05) is 17.0 Å². The molecular formula is C40H30ClFIN3O9. The zero-order valence-electron chi connectivity index (χ0n) is 28.7. The number of nitrogens with zero attached hydrogens (tertiary/aromatic N) is 2. The van der Waals surface area contributed by atoms with Crippen LogP contribution in [-0.2, 0) is 24.6 Å². The Kier molecular flexibility index (Phi) is 8.87. The number of ether oxygens (including phenoxy) is 1. The van der Waals surface area contributed by atoms with Crippen LogP contribution < -0.4 is 15.1 Å². The van der Waals surface area contributed by atoms with E-state index in [-0.39, 0.29) is 35.7 Å². The highest BCUT2D eigenvalue weighted by molar-refractivity contribution is 14.1. The molecule has 4 aromatic rings. The van der Waals surface area contributed by atoms with Gasteiger partial charge in [-0.25, -0.2) is 14.1 Å². The predicted molar refractivity (Wildman–Crippen MR) is 204 cm³/mol. The second-order valence-electron chi connectivity index (χ2n) is 13.9. The van der Waals surface area contributed by atoms with Crippen LogP contribution in [-0.4, -0.2) is 57.0 Å². The van der Waals surface area contributed by atoms with Gasteiger partial charge in [-0.2, -0.15) is 5.01 Å². The number of anilines is 2. The summed E-state index contributed by atoms with van der Waals surface area (Å²) in [5.74, 6) is -9.58. The molecule has 280 valence electrons. The van der Waals surface area contributed by atoms with Crippen LogP contribution in [0.25, 0.3) is 0 Å². The Bertz CT molecular complexity index is 2370. The molecule has 6 unspecified atom stereocenters. The molecule has 12 nitrogen and oxygen atoms in total. The topological polar surface area (TPSA) is 174 Å². The van der Waals surface area contributed by atoms with E-state index in [0.29, 0.717) is 25.3 Å². The van der Waals surface area contributed by atoms with Crippen molar-refractivity contribution in [1.29, 1.82) is 0 Å². The van der Waals surface area contributed by atoms with Gasteiger partial charge in [0.2, 0.25) is 11.8 Å². The van der Waals surface area contributed by atoms with Gasteiger partial charge in [0.1, 0.15) is 17.1 Å². The van der Waals surface area contributed by atoms with Crippen molar-refractivity contribution in [2.75, 3.05) is 17.4 Å². The zero-order chi connectivity index (χ0) is 39.1. The number of methoxy groups -OCH3 is 1. The van der Waals surface area contributed by atoms with Gasteiger partial charge in [0.15, 0.2) is 11.5 Å². The van der Waals surface area contributed by atoms with Gasteiger partial charge in [-0.1, -0.05) is 35.4 Å². The number of halogens is 3. The van der Waals surface area contributed by atoms with Crippen LogP contribution in [0.1, 0.15) is 40.2 Å². The molecule has 15 heteroatoms. The lowest BCUT2D eigenvalue weighted by Gasteiger charge is -2.50. The number of carboxylic acids is 1. The quantitative estimate of drug-likeness (QED) is 0.0926. The Morgan fingerprint density at radius 2 is 1.65 bits per heavy atom. The number of hydrazine groups is 1. The van der Waals surface area contributed by atoms with Crippen molar-refractivity contribution in [2.45, 2.75) is 24.2 Å². The fourth-order valence-electron chi connectivity index (χ4n) is 9.04. The highest BCUT2D eigenvalue weighted by Crippen LogP contribution is 2.64. The third-order valence-electron chi connectivity index (χ3n) is 11.3. The van der Waals surface area contributed by atoms with Crippen molar-refractivity contribution < 1.29 is 48.4 Å². The lowest BCUT2D eigenvalue weighted by atomic mass is 9.49. The molecule has 4 aromatic carbocycles. The molecule has 0 bridgehead atoms. The van der Waals surface area contributed by atoms with Crippen LogP contribution >= 0.6 is 34.2 Å². The zero-order valence-corrected chi connectivity index (χ0v) is 31.6. The molecule has 4 aliphatic rings. The van der Waals surface area contributed by atoms with E-state index in [1.807, 2.05) is 28.7 Å². The number of imide groups is 2. The van der Waals surface area contributed by atoms with Gasteiger partial charge >= 0.3 is 5.97 Å². The number of nitrogens with one attached hydrogen (secondary N) is 1. The number of allylic oxidation sites excluding steroid dienone is 2. The second-order valence-corrected chi connectivity index (χ2v) is 15.5. The van der Waals surface area contributed by atoms with Crippen LogP contribution in [0.2, 0.25) is 5.02 Å². The van der Waals surface area contributed by atoms with Crippen LogP contribution in [0.4, 0.5) is 15.8 Å². The number of phenols is 2. The molecule has 2 saturated heterocycles. The molecule has 6 atom stereocenters. The number of benzene rings is 4. The summed E-state index contributed by atoms with van der Waals surface area (Å²) in [5, 5.41) is 32.1. The van der Waals surface area contributed by atoms with Crippen molar-refractivity contribution in [2.24, 2.45) is 23.7 Å². The molecule has 0 spiro atoms. The van der Waals surface area contributed by atoms with Crippen molar-refractivity contribution >= 4 is 75.2 Å². The SMILES string of the molecule is COc1cc(C2C3=CCC4C(=O)N(c5ccc(C(=O)O)c(O)c5)C(=O)C4C3CC3C(=O)N(Nc4ccc(F)cc4)C(=O)C32c2ccc(Cl)cc2)cc(I)c1O. The van der Waals surface area contributed by atoms with Crippen LogP contribution in [0, 0.1) is 33.1 Å². The van der Waals surface area contributed by atoms with E-state index >= 15 is 4.79 Å². The molecule has 2 heterocycles. The summed E-state index contributed by atoms with van der Waals surface area (Å²) < 4.78 is 19.9. The molecule has 1 saturated carbocycles. The first-order valence-electron chi connectivity index (χ1n) is 17.1. The summed E-state index contributed by atoms with van der Waals surface area (Å²) in [5.41, 5.74) is 2.70. The molecule has 2 aliphatic carbocycles. The number of fused-ring (bicyclic) bond motifs is 4. The van der Waals surface area contributed by atoms with Gasteiger partial charge in [-0.05, 0) is 113 Å². The third kappa shape index (κ3) is 5.47. The Morgan fingerprint density at radius 3 is 2.31 bits per heavy atom. The minimum absolute atomic E-state index is 0.00376. The molecule has 8 rings (SSSR count). The van der Waals surface area contributed by atoms with E-state index in [4.69, 9.17) is 16.3 Å². The van der Waals surface area contributed by atoms with Crippen LogP contribution in [0.15, 0.2) is 90.5 Å². The molecule has 0 radical (unpaired) electrons. The highest BCUT2D eigenvalue weighted by Gasteiger charge is 2.70. The second kappa shape index (κ2) is 13.4. The van der Waals surface area contributed by atoms with Gasteiger partial charge in [-0.3, -0.25) is 24.6 Å². The molecule has 4 amide bonds. The summed E-state index contributed by atoms with van der Waals surface area (Å²) in [6.07, 6.45) is 1.92. The minimum Gasteiger partial charge on any atom is -0.507 e. The molecular weight excluding hydrogens is 848 g/mol. The summed E-state index contributed by atoms with van der Waals surface area (Å²) in [4.78, 5) is 71.3. The number of rotatable bonds is 7. The molecule has 2 aliphatic heterocycles. The number of aromatic carboxylic acids is 1. The van der Waals surface area contributed by atoms with Gasteiger partial charge in [0.05, 0.1) is 45.2 Å². The largest absolute Gasteiger partial charge is 0.507 e. The molecule has 3 fully saturated rings. The summed E-state index contributed by atoms with van der Waals surface area (Å²) >= 11 is 8.31. The van der Waals surface area contributed by atoms with E-state index in [1.165, 1.54) is 37.4 Å². The number of amides is 4. The Labute approximate surface area is 331 Å². The maximum Gasteiger partial charge on any atom is 0.339 e. The maximum absolute atomic E-state index is 15.3. The third-order valence-corrected chi connectivity index (χ3v) is 12.4. The highest BCUT2D eigenvalue weighted by atomic mass is 127. The van der Waals surface area contributed by atoms with E-state index < -0.39 is 81.7 Å². The summed E-state index contributed by atoms with van der Waals surface area (Å²) in [6.45, 7) is 0. The maximum atomic E-state index is 15.3. The number of carboxylic acid groups (broad SMARTS) is 1. The standard InChI is InChI=1S/C40H30ClFIN3O9/c1-55-31-15-18(14-29(43)34(31)48)33-24-12-13-26-32(37(51)45(35(26)49)23-10-11-25(38(52)53)30(47)16-23)27(24)17-28-36(50)46(44-22-8-6-21(42)7-9-22)39(54)40(28,33)19-2-4-20(41)5-3-19/h2-12,14-16,26-28,32-33,44,47-48H,13,17H2,1H3,(H,52,53). The van der Waals surface area contributed by atoms with Crippen molar-refractivity contribution in [3.05, 3.63) is 122 Å². The summed E-state index contributed by atoms with van der Waals surface area (Å²) in [7, 11) is 1.39. The predicted octanol–water partition coefficient (Wildman–Crippen LogP) is 6.39. The van der Waals surface area contributed by atoms with Crippen molar-refractivity contribution in [3.63, 3.8) is 0 Å². The first kappa shape index (κ1) is 36.5. The van der Waals surface area contributed by atoms with E-state index in [1.54, 1.807) is 36.4 Å². The number of hydrogen-bond donors (Lipinski definition) is 4. The Balaban J connectivity index is 1.33. The van der Waals surface area contributed by atoms with E-state index in [2.05, 4.69) is 5.43 Å². The smallest absolute Gasteiger partial charge is 0.339 e.